The number of hydrogen-bond acceptors (Lipinski definition) is 3. The van der Waals surface area contributed by atoms with E-state index in [4.69, 9.17) is 8.85 Å². The predicted octanol–water partition coefficient (Wildman–Crippen LogP) is 9.61. The summed E-state index contributed by atoms with van der Waals surface area (Å²) in [5.74, 6) is 0.875. The van der Waals surface area contributed by atoms with Crippen LogP contribution in [0.15, 0.2) is 23.3 Å². The molecule has 0 aliphatic heterocycles. The summed E-state index contributed by atoms with van der Waals surface area (Å²) in [5.41, 5.74) is 3.40. The van der Waals surface area contributed by atoms with Crippen LogP contribution in [0.25, 0.3) is 0 Å². The maximum atomic E-state index is 12.2. The molecule has 3 nitrogen and oxygen atoms in total. The van der Waals surface area contributed by atoms with Gasteiger partial charge in [-0.2, -0.15) is 0 Å². The second kappa shape index (κ2) is 9.41. The van der Waals surface area contributed by atoms with Gasteiger partial charge in [0.05, 0.1) is 6.10 Å². The molecule has 3 saturated carbocycles. The molecule has 4 rings (SSSR count). The van der Waals surface area contributed by atoms with Gasteiger partial charge in [0.1, 0.15) is 0 Å². The average molecular weight is 561 g/mol. The summed E-state index contributed by atoms with van der Waals surface area (Å²) in [6.45, 7) is 30.6. The van der Waals surface area contributed by atoms with Gasteiger partial charge in [-0.3, -0.25) is 0 Å². The molecule has 218 valence electrons. The van der Waals surface area contributed by atoms with Gasteiger partial charge in [0, 0.05) is 18.3 Å². The second-order valence-electron chi connectivity index (χ2n) is 17.0. The van der Waals surface area contributed by atoms with Crippen molar-refractivity contribution in [1.29, 1.82) is 0 Å². The van der Waals surface area contributed by atoms with Crippen LogP contribution in [0.3, 0.4) is 0 Å². The molecule has 0 bridgehead atoms. The molecule has 0 saturated heterocycles. The molecule has 3 fully saturated rings. The quantitative estimate of drug-likeness (QED) is 0.269. The first-order valence-electron chi connectivity index (χ1n) is 15.6. The van der Waals surface area contributed by atoms with Crippen LogP contribution in [0.5, 0.6) is 0 Å². The maximum absolute atomic E-state index is 12.2. The van der Waals surface area contributed by atoms with Gasteiger partial charge >= 0.3 is 0 Å². The van der Waals surface area contributed by atoms with Crippen molar-refractivity contribution in [3.63, 3.8) is 0 Å². The first-order chi connectivity index (χ1) is 17.1. The van der Waals surface area contributed by atoms with Crippen LogP contribution in [0.2, 0.25) is 36.3 Å². The van der Waals surface area contributed by atoms with Crippen molar-refractivity contribution in [2.45, 2.75) is 155 Å². The molecule has 0 amide bonds. The fourth-order valence-corrected chi connectivity index (χ4v) is 11.0. The Morgan fingerprint density at radius 2 is 1.50 bits per heavy atom. The van der Waals surface area contributed by atoms with Crippen LogP contribution < -0.4 is 0 Å². The third kappa shape index (κ3) is 4.82. The van der Waals surface area contributed by atoms with E-state index in [9.17, 15) is 5.11 Å². The van der Waals surface area contributed by atoms with Gasteiger partial charge in [-0.25, -0.2) is 0 Å². The van der Waals surface area contributed by atoms with Crippen LogP contribution in [-0.2, 0) is 8.85 Å². The molecule has 1 unspecified atom stereocenters. The summed E-state index contributed by atoms with van der Waals surface area (Å²) in [4.78, 5) is 0. The topological polar surface area (TPSA) is 38.7 Å². The van der Waals surface area contributed by atoms with E-state index < -0.39 is 22.4 Å². The Kier molecular flexibility index (Phi) is 7.61. The Morgan fingerprint density at radius 3 is 2.05 bits per heavy atom. The van der Waals surface area contributed by atoms with E-state index in [1.807, 2.05) is 0 Å². The maximum Gasteiger partial charge on any atom is 0.195 e. The molecule has 0 spiro atoms. The standard InChI is InChI=1S/C33H60O3Si2/c1-14-23-16-18-26-25-17-15-24-21-33(34,36-38(12,13)30(5,6)7)22-28(35-37(10,11)29(2,3)4)32(24,9)27(25)19-20-31(23,26)8/h15,17,23,26-28,34H,14,16,18-22H2,1-13H3/t23-,26-,27-,28?,31+,32-,33-/m0/s1. The fourth-order valence-electron chi connectivity index (χ4n) is 8.21. The van der Waals surface area contributed by atoms with Gasteiger partial charge in [-0.1, -0.05) is 92.0 Å². The molecule has 5 heteroatoms. The van der Waals surface area contributed by atoms with Crippen molar-refractivity contribution in [3.8, 4) is 0 Å². The zero-order valence-corrected chi connectivity index (χ0v) is 29.2. The number of aliphatic hydroxyl groups is 1. The summed E-state index contributed by atoms with van der Waals surface area (Å²) in [6.07, 6.45) is 12.6. The summed E-state index contributed by atoms with van der Waals surface area (Å²) in [6, 6.07) is 0. The van der Waals surface area contributed by atoms with Crippen LogP contribution in [0, 0.1) is 28.6 Å². The largest absolute Gasteiger partial charge is 0.413 e. The predicted molar refractivity (Wildman–Crippen MR) is 166 cm³/mol. The highest BCUT2D eigenvalue weighted by atomic mass is 28.4. The van der Waals surface area contributed by atoms with Gasteiger partial charge in [-0.15, -0.1) is 0 Å². The Hall–Kier alpha value is -0.206. The lowest BCUT2D eigenvalue weighted by atomic mass is 9.49. The SMILES string of the molecule is CC[C@H]1CC[C@H]2C3=CC=C4C[C@](O)(O[Si](C)(C)C(C)(C)C)CC(O[Si](C)(C)C(C)(C)C)[C@]4(C)[C@H]3CC[C@]12C. The average Bonchev–Trinajstić information content (AvgIpc) is 3.08. The molecular weight excluding hydrogens is 501 g/mol. The molecule has 1 N–H and O–H groups in total. The Morgan fingerprint density at radius 1 is 0.895 bits per heavy atom. The van der Waals surface area contributed by atoms with Gasteiger partial charge < -0.3 is 14.0 Å². The third-order valence-electron chi connectivity index (χ3n) is 12.8. The minimum Gasteiger partial charge on any atom is -0.413 e. The van der Waals surface area contributed by atoms with Crippen molar-refractivity contribution in [3.05, 3.63) is 23.3 Å². The number of hydrogen-bond donors (Lipinski definition) is 1. The van der Waals surface area contributed by atoms with Crippen LogP contribution in [-0.4, -0.2) is 33.6 Å². The Balaban J connectivity index is 1.78. The van der Waals surface area contributed by atoms with Crippen molar-refractivity contribution in [2.24, 2.45) is 28.6 Å². The molecule has 0 aromatic carbocycles. The van der Waals surface area contributed by atoms with E-state index >= 15 is 0 Å². The van der Waals surface area contributed by atoms with Crippen LogP contribution in [0.4, 0.5) is 0 Å². The Bertz CT molecular complexity index is 983. The van der Waals surface area contributed by atoms with Gasteiger partial charge in [-0.05, 0) is 85.1 Å². The lowest BCUT2D eigenvalue weighted by Gasteiger charge is -2.60. The molecule has 38 heavy (non-hydrogen) atoms. The van der Waals surface area contributed by atoms with Gasteiger partial charge in [0.15, 0.2) is 22.4 Å². The molecule has 0 radical (unpaired) electrons. The fraction of sp³-hybridized carbons (Fsp3) is 0.879. The lowest BCUT2D eigenvalue weighted by molar-refractivity contribution is -0.198. The normalized spacial score (nSPS) is 40.2. The second-order valence-corrected chi connectivity index (χ2v) is 26.5. The number of allylic oxidation sites excluding steroid dienone is 3. The monoisotopic (exact) mass is 560 g/mol. The van der Waals surface area contributed by atoms with E-state index in [1.54, 1.807) is 5.57 Å². The molecule has 7 atom stereocenters. The minimum atomic E-state index is -2.18. The first-order valence-corrected chi connectivity index (χ1v) is 21.4. The summed E-state index contributed by atoms with van der Waals surface area (Å²) in [7, 11) is -4.27. The summed E-state index contributed by atoms with van der Waals surface area (Å²) < 4.78 is 14.3. The lowest BCUT2D eigenvalue weighted by Crippen LogP contribution is -2.62. The molecular formula is C33H60O3Si2. The van der Waals surface area contributed by atoms with Crippen molar-refractivity contribution >= 4 is 16.6 Å². The van der Waals surface area contributed by atoms with Crippen molar-refractivity contribution < 1.29 is 14.0 Å². The van der Waals surface area contributed by atoms with E-state index in [1.165, 1.54) is 37.7 Å². The zero-order chi connectivity index (χ0) is 28.7. The van der Waals surface area contributed by atoms with Crippen LogP contribution in [0.1, 0.15) is 107 Å². The molecule has 0 aromatic heterocycles. The molecule has 0 heterocycles. The highest BCUT2D eigenvalue weighted by Crippen LogP contribution is 2.66. The smallest absolute Gasteiger partial charge is 0.195 e. The highest BCUT2D eigenvalue weighted by Gasteiger charge is 2.62. The zero-order valence-electron chi connectivity index (χ0n) is 27.2. The highest BCUT2D eigenvalue weighted by molar-refractivity contribution is 6.74. The minimum absolute atomic E-state index is 0.0411. The first kappa shape index (κ1) is 30.7. The van der Waals surface area contributed by atoms with Gasteiger partial charge in [0.25, 0.3) is 0 Å². The summed E-state index contributed by atoms with van der Waals surface area (Å²) in [5, 5.41) is 12.4. The van der Waals surface area contributed by atoms with E-state index in [0.29, 0.717) is 30.1 Å². The number of fused-ring (bicyclic) bond motifs is 5. The molecule has 0 aromatic rings. The summed E-state index contributed by atoms with van der Waals surface area (Å²) >= 11 is 0. The molecule has 4 aliphatic rings. The molecule has 4 aliphatic carbocycles. The van der Waals surface area contributed by atoms with Crippen molar-refractivity contribution in [1.82, 2.24) is 0 Å². The van der Waals surface area contributed by atoms with Gasteiger partial charge in [0.2, 0.25) is 0 Å². The van der Waals surface area contributed by atoms with Crippen LogP contribution >= 0.6 is 0 Å². The van der Waals surface area contributed by atoms with E-state index in [2.05, 4.69) is 101 Å². The van der Waals surface area contributed by atoms with Crippen molar-refractivity contribution in [2.75, 3.05) is 0 Å². The third-order valence-corrected chi connectivity index (χ3v) is 21.8. The Labute approximate surface area is 237 Å². The van der Waals surface area contributed by atoms with E-state index in [-0.39, 0.29) is 21.6 Å². The van der Waals surface area contributed by atoms with E-state index in [0.717, 1.165) is 5.92 Å². The number of rotatable bonds is 5.